The van der Waals surface area contributed by atoms with E-state index >= 15 is 0 Å². The van der Waals surface area contributed by atoms with Gasteiger partial charge in [-0.1, -0.05) is 0 Å². The molecule has 0 unspecified atom stereocenters. The Morgan fingerprint density at radius 1 is 0.319 bits per heavy atom. The van der Waals surface area contributed by atoms with Gasteiger partial charge in [-0.3, -0.25) is 33.6 Å². The Balaban J connectivity index is 1.05. The van der Waals surface area contributed by atoms with E-state index in [9.17, 15) is 196 Å². The topological polar surface area (TPSA) is 1010 Å². The smallest absolute Gasteiger partial charge is 0.364 e. The number of ether oxygens (including phenoxy) is 18. The fourth-order valence-electron chi connectivity index (χ4n) is 18.0. The lowest BCUT2D eigenvalue weighted by Gasteiger charge is -2.51. The quantitative estimate of drug-likeness (QED) is 0.0269. The van der Waals surface area contributed by atoms with E-state index < -0.39 is 450 Å². The number of hydrogen-bond acceptors (Lipinski definition) is 55. The van der Waals surface area contributed by atoms with Gasteiger partial charge in [0.25, 0.3) is 11.6 Å². The molecule has 9 aliphatic heterocycles. The van der Waals surface area contributed by atoms with Gasteiger partial charge in [-0.25, -0.2) is 9.59 Å². The van der Waals surface area contributed by atoms with Crippen molar-refractivity contribution in [1.29, 1.82) is 0 Å². The number of nitrogens with one attached hydrogen (secondary N) is 7. The monoisotopic (exact) mass is 2100 g/mol. The minimum Gasteiger partial charge on any atom is -0.477 e. The van der Waals surface area contributed by atoms with Crippen molar-refractivity contribution in [1.82, 2.24) is 37.2 Å². The van der Waals surface area contributed by atoms with E-state index in [0.29, 0.717) is 0 Å². The molecule has 64 nitrogen and oxygen atoms in total. The molecule has 0 aromatic carbocycles. The first-order valence-electron chi connectivity index (χ1n) is 45.3. The van der Waals surface area contributed by atoms with Gasteiger partial charge in [0.05, 0.1) is 103 Å². The molecule has 0 aromatic rings. The van der Waals surface area contributed by atoms with Crippen LogP contribution in [0.25, 0.3) is 0 Å². The molecule has 0 bridgehead atoms. The van der Waals surface area contributed by atoms with Crippen molar-refractivity contribution < 1.29 is 282 Å². The Bertz CT molecular complexity index is 4140. The third kappa shape index (κ3) is 28.2. The number of carbonyl (C=O) groups is 9. The number of carboxylic acids is 2. The Morgan fingerprint density at radius 2 is 0.653 bits per heavy atom. The Morgan fingerprint density at radius 3 is 1.07 bits per heavy atom. The minimum atomic E-state index is -3.21. The summed E-state index contributed by atoms with van der Waals surface area (Å²) in [5.41, 5.74) is 0. The lowest BCUT2D eigenvalue weighted by atomic mass is 9.88. The van der Waals surface area contributed by atoms with Gasteiger partial charge < -0.3 is 276 Å². The number of carbonyl (C=O) groups excluding carboxylic acids is 7. The van der Waals surface area contributed by atoms with Gasteiger partial charge in [0.2, 0.25) is 41.4 Å². The number of aliphatic hydroxyl groups excluding tert-OH is 28. The van der Waals surface area contributed by atoms with Crippen molar-refractivity contribution >= 4 is 53.3 Å². The first kappa shape index (κ1) is 121. The predicted molar refractivity (Wildman–Crippen MR) is 447 cm³/mol. The molecule has 0 aromatic heterocycles. The van der Waals surface area contributed by atoms with E-state index in [1.165, 1.54) is 0 Å². The lowest BCUT2D eigenvalue weighted by molar-refractivity contribution is -0.385. The molecule has 9 aliphatic rings. The van der Waals surface area contributed by atoms with Gasteiger partial charge in [-0.15, -0.1) is 0 Å². The molecular formula is C80H133N7O57. The molecular weight excluding hydrogens is 1970 g/mol. The van der Waals surface area contributed by atoms with Gasteiger partial charge >= 0.3 is 11.9 Å². The number of hydrogen-bond donors (Lipinski definition) is 37. The molecule has 9 saturated heterocycles. The van der Waals surface area contributed by atoms with E-state index in [4.69, 9.17) is 85.3 Å². The highest BCUT2D eigenvalue weighted by Gasteiger charge is 2.64. The number of rotatable bonds is 45. The van der Waals surface area contributed by atoms with Crippen LogP contribution in [-0.2, 0) is 128 Å². The van der Waals surface area contributed by atoms with Gasteiger partial charge in [-0.05, 0) is 0 Å². The summed E-state index contributed by atoms with van der Waals surface area (Å²) in [7, 11) is 0. The average Bonchev–Trinajstić information content (AvgIpc) is 0.763. The molecule has 0 aliphatic carbocycles. The number of aliphatic carboxylic acids is 2. The van der Waals surface area contributed by atoms with Crippen LogP contribution in [0.2, 0.25) is 0 Å². The summed E-state index contributed by atoms with van der Waals surface area (Å²) in [5, 5.41) is 353. The second-order valence-corrected chi connectivity index (χ2v) is 35.9. The summed E-state index contributed by atoms with van der Waals surface area (Å²) in [6.07, 6.45) is -97.2. The van der Waals surface area contributed by atoms with Gasteiger partial charge in [-0.2, -0.15) is 0 Å². The third-order valence-corrected chi connectivity index (χ3v) is 25.3. The van der Waals surface area contributed by atoms with Crippen LogP contribution in [0, 0.1) is 0 Å². The Hall–Kier alpha value is -6.61. The first-order valence-corrected chi connectivity index (χ1v) is 45.3. The maximum atomic E-state index is 13.6. The standard InChI is InChI=1S/C80H133N7O57/c1-21(96)81-28(10-88)62(49(110)33(107)18-128-79(77(123)124)8-29(103)41(82-22(2)97)66(143-79)47(108)31(105)11-89)137-72-45(86-26(6)101)57(118)64(38(17-95)134-72)139-76-61(122)69(142-73-46(87-27(7)102)65(52(113)35(14-92)131-73)140-75-60(121)68(53(114)36(15-93)132-75)141-71-43(84-24(4)99)55(116)50(111)34(13-91)130-71)54(115)39(135-76)19-127-70-44(85-25(5)100)56(117)63(37(16-94)133-70)138-74-59(120)58(119)51(112)40(136-74)20-129-80(78(125)126)9-30(104)42(83-23(3)98)67(144-80)48(109)32(106)12-90/h28-76,88-95,103-122H,8-20H2,1-7H3,(H,81,96)(H,82,97)(H,83,98)(H,84,99)(H,85,100)(H,86,101)(H,87,102)(H,123,124)(H,125,126)/t28-,29-,30-,31+,32+,33+,34+,35+,36+,37+,38+,39+,40+,41+,42+,43+,44+,45+,46+,47+,48+,49-,50-,51-,52+,53-,54-,55+,56+,57+,58-,59+,60+,61+,62+,63+,64+,65+,66+,67+,68-,69-,70+,71+,72-,73-,74-,75-,76-,79+,80+/m0/s1. The SMILES string of the molecule is CC(=O)N[C@H]1[C@H](OC[C@H]2O[C@@H](O[C@H]3[C@H](O)[C@@H](NC(C)=O)[C@H](O[C@@H]([C@@H](O)[C@H](O)CO[C@]4(C(=O)O)C[C@H](O)[C@@H](NC(C)=O)[C@H]([C@H](O)[C@H](O)CO)O4)[C@H](CO)NC(C)=O)O[C@@H]3CO)[C@H](O)[C@@H](O[C@@H]3O[C@H](CO)[C@@H](O)[C@H](O[C@@H]4O[C@H](CO)[C@H](O)[C@H](O[C@H]5O[C@H](CO)[C@H](O)[C@H](O)[C@H]5NC(C)=O)[C@H]4O)[C@H]3NC(C)=O)[C@H]2O)O[C@H](CO)[C@@H](O[C@@H]2O[C@H](CO[C@]3(C(=O)O)C[C@H](O)[C@@H](NC(C)=O)[C@H]([C@H](O)[C@H](O)CO)O3)[C@H](O)[C@H](O)[C@H]2O)[C@@H]1O. The highest BCUT2D eigenvalue weighted by molar-refractivity contribution is 5.78. The maximum absolute atomic E-state index is 13.6. The Labute approximate surface area is 815 Å². The third-order valence-electron chi connectivity index (χ3n) is 25.3. The number of amides is 7. The molecule has 0 radical (unpaired) electrons. The Kier molecular flexibility index (Phi) is 44.4. The van der Waals surface area contributed by atoms with Crippen LogP contribution in [0.3, 0.4) is 0 Å². The number of carboxylic acid groups (broad SMARTS) is 2. The lowest BCUT2D eigenvalue weighted by Crippen LogP contribution is -2.71. The molecule has 37 N–H and O–H groups in total. The molecule has 9 fully saturated rings. The molecule has 0 saturated carbocycles. The molecule has 7 amide bonds. The van der Waals surface area contributed by atoms with Gasteiger partial charge in [0, 0.05) is 61.3 Å². The van der Waals surface area contributed by atoms with Crippen LogP contribution in [0.1, 0.15) is 61.3 Å². The van der Waals surface area contributed by atoms with E-state index in [-0.39, 0.29) is 0 Å². The summed E-state index contributed by atoms with van der Waals surface area (Å²) in [4.78, 5) is 116. The summed E-state index contributed by atoms with van der Waals surface area (Å²) < 4.78 is 107. The van der Waals surface area contributed by atoms with Crippen LogP contribution in [0.4, 0.5) is 0 Å². The van der Waals surface area contributed by atoms with Crippen molar-refractivity contribution in [2.75, 3.05) is 72.7 Å². The molecule has 830 valence electrons. The van der Waals surface area contributed by atoms with Crippen LogP contribution in [-0.4, -0.2) is 591 Å². The van der Waals surface area contributed by atoms with Crippen LogP contribution >= 0.6 is 0 Å². The van der Waals surface area contributed by atoms with E-state index in [1.807, 2.05) is 0 Å². The molecule has 0 spiro atoms. The zero-order valence-corrected chi connectivity index (χ0v) is 77.9. The van der Waals surface area contributed by atoms with Crippen LogP contribution < -0.4 is 37.2 Å². The summed E-state index contributed by atoms with van der Waals surface area (Å²) in [6, 6.07) is -13.6. The van der Waals surface area contributed by atoms with Gasteiger partial charge in [0.1, 0.15) is 226 Å². The second kappa shape index (κ2) is 52.9. The molecule has 9 heterocycles. The normalized spacial score (nSPS) is 42.3. The van der Waals surface area contributed by atoms with Gasteiger partial charge in [0.15, 0.2) is 44.0 Å². The van der Waals surface area contributed by atoms with Crippen molar-refractivity contribution in [3.63, 3.8) is 0 Å². The second-order valence-electron chi connectivity index (χ2n) is 35.9. The van der Waals surface area contributed by atoms with Crippen LogP contribution in [0.5, 0.6) is 0 Å². The minimum absolute atomic E-state index is 0.824. The fourth-order valence-corrected chi connectivity index (χ4v) is 18.0. The average molecular weight is 2100 g/mol. The summed E-state index contributed by atoms with van der Waals surface area (Å²) >= 11 is 0. The van der Waals surface area contributed by atoms with E-state index in [1.54, 1.807) is 0 Å². The van der Waals surface area contributed by atoms with Crippen molar-refractivity contribution in [3.05, 3.63) is 0 Å². The van der Waals surface area contributed by atoms with E-state index in [2.05, 4.69) is 37.2 Å². The summed E-state index contributed by atoms with van der Waals surface area (Å²) in [6.45, 7) is -7.60. The first-order chi connectivity index (χ1) is 67.7. The molecule has 9 rings (SSSR count). The fraction of sp³-hybridized carbons (Fsp3) is 0.887. The highest BCUT2D eigenvalue weighted by atomic mass is 16.8. The van der Waals surface area contributed by atoms with E-state index in [0.717, 1.165) is 48.5 Å². The maximum Gasteiger partial charge on any atom is 0.364 e. The summed E-state index contributed by atoms with van der Waals surface area (Å²) in [5.74, 6) is -17.4. The van der Waals surface area contributed by atoms with Crippen molar-refractivity contribution in [3.8, 4) is 0 Å². The largest absolute Gasteiger partial charge is 0.477 e. The zero-order valence-electron chi connectivity index (χ0n) is 77.9. The van der Waals surface area contributed by atoms with Crippen molar-refractivity contribution in [2.24, 2.45) is 0 Å². The predicted octanol–water partition coefficient (Wildman–Crippen LogP) is -23.7. The number of aliphatic hydroxyl groups is 28. The molecule has 64 heteroatoms. The molecule has 51 atom stereocenters. The van der Waals surface area contributed by atoms with Crippen LogP contribution in [0.15, 0.2) is 0 Å². The van der Waals surface area contributed by atoms with Crippen molar-refractivity contribution in [2.45, 2.75) is 373 Å². The molecule has 144 heavy (non-hydrogen) atoms. The highest BCUT2D eigenvalue weighted by Crippen LogP contribution is 2.42. The zero-order chi connectivity index (χ0) is 107.